The van der Waals surface area contributed by atoms with E-state index in [1.807, 2.05) is 0 Å². The summed E-state index contributed by atoms with van der Waals surface area (Å²) in [4.78, 5) is 0. The van der Waals surface area contributed by atoms with Crippen molar-refractivity contribution in [2.45, 2.75) is 19.1 Å². The molecule has 1 heterocycles. The van der Waals surface area contributed by atoms with Crippen LogP contribution in [0, 0.1) is 13.8 Å². The third kappa shape index (κ3) is 2.03. The average molecular weight is 309 g/mol. The molecular formula is C15H14Cl2OSi. The van der Waals surface area contributed by atoms with Gasteiger partial charge in [-0.25, -0.2) is 0 Å². The lowest BCUT2D eigenvalue weighted by atomic mass is 9.99. The molecule has 0 radical (unpaired) electrons. The third-order valence-electron chi connectivity index (χ3n) is 3.57. The predicted octanol–water partition coefficient (Wildman–Crippen LogP) is 4.53. The molecule has 1 fully saturated rings. The van der Waals surface area contributed by atoms with Gasteiger partial charge in [0.2, 0.25) is 0 Å². The Morgan fingerprint density at radius 1 is 0.789 bits per heavy atom. The summed E-state index contributed by atoms with van der Waals surface area (Å²) in [6.07, 6.45) is 0. The van der Waals surface area contributed by atoms with Crippen molar-refractivity contribution >= 4 is 29.1 Å². The maximum atomic E-state index is 6.39. The first-order chi connectivity index (χ1) is 8.96. The van der Waals surface area contributed by atoms with Crippen LogP contribution in [0.3, 0.4) is 0 Å². The summed E-state index contributed by atoms with van der Waals surface area (Å²) >= 11 is 12.8. The Kier molecular flexibility index (Phi) is 3.02. The van der Waals surface area contributed by atoms with E-state index in [2.05, 4.69) is 62.4 Å². The van der Waals surface area contributed by atoms with Gasteiger partial charge < -0.3 is 4.43 Å². The van der Waals surface area contributed by atoms with Crippen LogP contribution in [0.25, 0.3) is 0 Å². The minimum atomic E-state index is -2.71. The van der Waals surface area contributed by atoms with E-state index in [-0.39, 0.29) is 0 Å². The van der Waals surface area contributed by atoms with Crippen molar-refractivity contribution in [1.82, 2.24) is 0 Å². The van der Waals surface area contributed by atoms with Crippen molar-refractivity contribution in [3.8, 4) is 0 Å². The summed E-state index contributed by atoms with van der Waals surface area (Å²) in [5.74, 6) is 0. The lowest BCUT2D eigenvalue weighted by Gasteiger charge is -2.15. The zero-order chi connectivity index (χ0) is 13.7. The van der Waals surface area contributed by atoms with Crippen LogP contribution in [0.15, 0.2) is 48.5 Å². The van der Waals surface area contributed by atoms with E-state index in [0.717, 1.165) is 11.1 Å². The number of aryl methyl sites for hydroxylation is 2. The predicted molar refractivity (Wildman–Crippen MR) is 81.7 cm³/mol. The quantitative estimate of drug-likeness (QED) is 0.451. The minimum Gasteiger partial charge on any atom is -0.373 e. The number of hydrogen-bond donors (Lipinski definition) is 0. The monoisotopic (exact) mass is 308 g/mol. The number of hydrogen-bond acceptors (Lipinski definition) is 1. The molecule has 0 N–H and O–H groups in total. The molecule has 98 valence electrons. The van der Waals surface area contributed by atoms with E-state index < -0.39 is 12.2 Å². The van der Waals surface area contributed by atoms with Crippen LogP contribution in [0.5, 0.6) is 0 Å². The van der Waals surface area contributed by atoms with E-state index in [4.69, 9.17) is 26.6 Å². The van der Waals surface area contributed by atoms with Crippen LogP contribution in [0.2, 0.25) is 0 Å². The van der Waals surface area contributed by atoms with Crippen LogP contribution in [0.4, 0.5) is 0 Å². The second-order valence-corrected chi connectivity index (χ2v) is 10.7. The Balaban J connectivity index is 2.11. The zero-order valence-electron chi connectivity index (χ0n) is 10.8. The van der Waals surface area contributed by atoms with Crippen molar-refractivity contribution in [3.05, 3.63) is 70.8 Å². The maximum absolute atomic E-state index is 6.39. The van der Waals surface area contributed by atoms with Crippen LogP contribution in [-0.2, 0) is 9.65 Å². The van der Waals surface area contributed by atoms with Gasteiger partial charge in [0.15, 0.2) is 5.22 Å². The highest BCUT2D eigenvalue weighted by Gasteiger charge is 2.74. The van der Waals surface area contributed by atoms with Crippen molar-refractivity contribution < 1.29 is 4.43 Å². The fourth-order valence-corrected chi connectivity index (χ4v) is 6.64. The van der Waals surface area contributed by atoms with Crippen molar-refractivity contribution in [1.29, 1.82) is 0 Å². The van der Waals surface area contributed by atoms with Gasteiger partial charge in [-0.05, 0) is 25.0 Å². The molecule has 0 unspecified atom stereocenters. The molecule has 0 atom stereocenters. The minimum absolute atomic E-state index is 0.614. The van der Waals surface area contributed by atoms with E-state index in [0.29, 0.717) is 0 Å². The van der Waals surface area contributed by atoms with Gasteiger partial charge in [0.25, 0.3) is 0 Å². The number of halogens is 2. The lowest BCUT2D eigenvalue weighted by molar-refractivity contribution is 0.373. The molecule has 0 spiro atoms. The first-order valence-electron chi connectivity index (χ1n) is 6.18. The first-order valence-corrected chi connectivity index (χ1v) is 10.1. The summed E-state index contributed by atoms with van der Waals surface area (Å²) in [5, 5.41) is -0.614. The summed E-state index contributed by atoms with van der Waals surface area (Å²) in [6.45, 7) is 1.40. The van der Waals surface area contributed by atoms with Gasteiger partial charge in [0.1, 0.15) is 0 Å². The Morgan fingerprint density at radius 3 is 1.37 bits per heavy atom. The summed E-state index contributed by atoms with van der Waals surface area (Å²) in [5.41, 5.74) is 4.50. The molecule has 4 heteroatoms. The molecule has 2 aromatic rings. The topological polar surface area (TPSA) is 12.5 Å². The van der Waals surface area contributed by atoms with E-state index in [1.165, 1.54) is 11.1 Å². The zero-order valence-corrected chi connectivity index (χ0v) is 13.3. The Labute approximate surface area is 123 Å². The average Bonchev–Trinajstić information content (AvgIpc) is 2.95. The fourth-order valence-electron chi connectivity index (χ4n) is 2.36. The SMILES string of the molecule is Cc1ccc(C2(c3ccc(C)cc3)O[Si]2(Cl)Cl)cc1. The summed E-state index contributed by atoms with van der Waals surface area (Å²) in [7, 11) is 0. The van der Waals surface area contributed by atoms with E-state index >= 15 is 0 Å². The van der Waals surface area contributed by atoms with Gasteiger partial charge in [-0.15, -0.1) is 22.2 Å². The molecule has 1 aliphatic rings. The summed E-state index contributed by atoms with van der Waals surface area (Å²) in [6, 6.07) is 16.4. The summed E-state index contributed by atoms with van der Waals surface area (Å²) < 4.78 is 5.81. The van der Waals surface area contributed by atoms with Gasteiger partial charge in [0.05, 0.1) is 0 Å². The third-order valence-corrected chi connectivity index (χ3v) is 7.50. The van der Waals surface area contributed by atoms with Crippen LogP contribution in [-0.4, -0.2) is 6.94 Å². The highest BCUT2D eigenvalue weighted by Crippen LogP contribution is 2.60. The first kappa shape index (κ1) is 13.2. The van der Waals surface area contributed by atoms with Crippen molar-refractivity contribution in [2.75, 3.05) is 0 Å². The van der Waals surface area contributed by atoms with Crippen molar-refractivity contribution in [3.63, 3.8) is 0 Å². The molecule has 1 nitrogen and oxygen atoms in total. The molecule has 19 heavy (non-hydrogen) atoms. The molecule has 0 amide bonds. The fraction of sp³-hybridized carbons (Fsp3) is 0.200. The largest absolute Gasteiger partial charge is 0.431 e. The molecule has 1 aliphatic heterocycles. The number of benzene rings is 2. The van der Waals surface area contributed by atoms with Gasteiger partial charge in [-0.3, -0.25) is 0 Å². The molecule has 0 saturated carbocycles. The smallest absolute Gasteiger partial charge is 0.373 e. The lowest BCUT2D eigenvalue weighted by Crippen LogP contribution is -2.20. The Morgan fingerprint density at radius 2 is 1.11 bits per heavy atom. The van der Waals surface area contributed by atoms with Crippen LogP contribution >= 0.6 is 22.2 Å². The van der Waals surface area contributed by atoms with Gasteiger partial charge in [-0.1, -0.05) is 59.7 Å². The normalized spacial score (nSPS) is 19.2. The molecule has 3 rings (SSSR count). The van der Waals surface area contributed by atoms with Crippen molar-refractivity contribution in [2.24, 2.45) is 0 Å². The van der Waals surface area contributed by atoms with Crippen LogP contribution < -0.4 is 0 Å². The molecular weight excluding hydrogens is 295 g/mol. The van der Waals surface area contributed by atoms with Gasteiger partial charge >= 0.3 is 6.94 Å². The van der Waals surface area contributed by atoms with Gasteiger partial charge in [0, 0.05) is 0 Å². The molecule has 2 aromatic carbocycles. The molecule has 0 aromatic heterocycles. The Bertz CT molecular complexity index is 560. The second-order valence-electron chi connectivity index (χ2n) is 5.03. The highest BCUT2D eigenvalue weighted by molar-refractivity contribution is 7.47. The number of rotatable bonds is 2. The van der Waals surface area contributed by atoms with E-state index in [1.54, 1.807) is 0 Å². The van der Waals surface area contributed by atoms with Crippen LogP contribution in [0.1, 0.15) is 22.3 Å². The maximum Gasteiger partial charge on any atom is 0.431 e. The molecule has 0 aliphatic carbocycles. The van der Waals surface area contributed by atoms with Gasteiger partial charge in [-0.2, -0.15) is 0 Å². The molecule has 1 saturated heterocycles. The van der Waals surface area contributed by atoms with E-state index in [9.17, 15) is 0 Å². The second kappa shape index (κ2) is 4.35. The highest BCUT2D eigenvalue weighted by atomic mass is 35.7. The molecule has 0 bridgehead atoms. The Hall–Kier alpha value is -0.803. The standard InChI is InChI=1S/C15H14Cl2OSi/c1-11-3-7-13(8-4-11)15(18-19(15,16)17)14-9-5-12(2)6-10-14/h3-10H,1-2H3.